The number of benzene rings is 1. The lowest BCUT2D eigenvalue weighted by molar-refractivity contribution is -0.115. The Morgan fingerprint density at radius 2 is 2.00 bits per heavy atom. The average molecular weight is 317 g/mol. The van der Waals surface area contributed by atoms with Crippen molar-refractivity contribution in [3.63, 3.8) is 0 Å². The van der Waals surface area contributed by atoms with E-state index in [0.717, 1.165) is 12.8 Å². The molecule has 1 aromatic carbocycles. The number of para-hydroxylation sites is 2. The van der Waals surface area contributed by atoms with Crippen molar-refractivity contribution in [2.24, 2.45) is 0 Å². The molecule has 0 spiro atoms. The highest BCUT2D eigenvalue weighted by Crippen LogP contribution is 2.23. The molecule has 0 aliphatic rings. The standard InChI is InChI=1S/C15H24N2O3.ClH/c1-3-4-10-20-14-8-6-5-7-13(14)17-15(18)12-16-9-11-19-2;/h5-8,16H,3-4,9-12H2,1-2H3,(H,17,18);1H. The van der Waals surface area contributed by atoms with Crippen LogP contribution in [0.3, 0.4) is 0 Å². The summed E-state index contributed by atoms with van der Waals surface area (Å²) in [6.45, 7) is 4.27. The van der Waals surface area contributed by atoms with Gasteiger partial charge in [0.15, 0.2) is 0 Å². The molecule has 0 aromatic heterocycles. The lowest BCUT2D eigenvalue weighted by Crippen LogP contribution is -2.30. The summed E-state index contributed by atoms with van der Waals surface area (Å²) in [7, 11) is 1.63. The van der Waals surface area contributed by atoms with Crippen LogP contribution in [0, 0.1) is 0 Å². The molecule has 0 radical (unpaired) electrons. The number of halogens is 1. The van der Waals surface area contributed by atoms with E-state index in [1.807, 2.05) is 24.3 Å². The fraction of sp³-hybridized carbons (Fsp3) is 0.533. The third-order valence-corrected chi connectivity index (χ3v) is 2.69. The molecule has 0 bridgehead atoms. The Kier molecular flexibility index (Phi) is 11.7. The van der Waals surface area contributed by atoms with E-state index in [9.17, 15) is 4.79 Å². The van der Waals surface area contributed by atoms with Crippen LogP contribution in [-0.4, -0.2) is 39.3 Å². The van der Waals surface area contributed by atoms with Gasteiger partial charge < -0.3 is 20.1 Å². The first-order valence-corrected chi connectivity index (χ1v) is 6.99. The molecule has 5 nitrogen and oxygen atoms in total. The summed E-state index contributed by atoms with van der Waals surface area (Å²) >= 11 is 0. The number of hydrogen-bond donors (Lipinski definition) is 2. The highest BCUT2D eigenvalue weighted by atomic mass is 35.5. The fourth-order valence-corrected chi connectivity index (χ4v) is 1.59. The third kappa shape index (κ3) is 8.55. The largest absolute Gasteiger partial charge is 0.491 e. The summed E-state index contributed by atoms with van der Waals surface area (Å²) in [6.07, 6.45) is 2.08. The molecule has 0 aliphatic carbocycles. The molecule has 1 aromatic rings. The van der Waals surface area contributed by atoms with Crippen LogP contribution in [0.15, 0.2) is 24.3 Å². The topological polar surface area (TPSA) is 59.6 Å². The van der Waals surface area contributed by atoms with E-state index in [1.54, 1.807) is 7.11 Å². The maximum atomic E-state index is 11.8. The lowest BCUT2D eigenvalue weighted by Gasteiger charge is -2.12. The lowest BCUT2D eigenvalue weighted by atomic mass is 10.3. The average Bonchev–Trinajstić information content (AvgIpc) is 2.46. The first-order chi connectivity index (χ1) is 9.77. The molecule has 0 atom stereocenters. The zero-order valence-electron chi connectivity index (χ0n) is 12.7. The number of carbonyl (C=O) groups is 1. The Morgan fingerprint density at radius 1 is 1.24 bits per heavy atom. The number of unbranched alkanes of at least 4 members (excludes halogenated alkanes) is 1. The number of methoxy groups -OCH3 is 1. The van der Waals surface area contributed by atoms with Gasteiger partial charge in [-0.15, -0.1) is 12.4 Å². The Hall–Kier alpha value is -1.30. The summed E-state index contributed by atoms with van der Waals surface area (Å²) in [5.41, 5.74) is 0.710. The summed E-state index contributed by atoms with van der Waals surface area (Å²) in [5, 5.41) is 5.85. The molecular formula is C15H25ClN2O3. The second kappa shape index (κ2) is 12.4. The van der Waals surface area contributed by atoms with Gasteiger partial charge in [-0.3, -0.25) is 4.79 Å². The number of hydrogen-bond acceptors (Lipinski definition) is 4. The van der Waals surface area contributed by atoms with Gasteiger partial charge in [-0.1, -0.05) is 25.5 Å². The van der Waals surface area contributed by atoms with Gasteiger partial charge in [0.2, 0.25) is 5.91 Å². The van der Waals surface area contributed by atoms with Crippen molar-refractivity contribution in [2.45, 2.75) is 19.8 Å². The van der Waals surface area contributed by atoms with Gasteiger partial charge >= 0.3 is 0 Å². The quantitative estimate of drug-likeness (QED) is 0.651. The van der Waals surface area contributed by atoms with Gasteiger partial charge in [-0.05, 0) is 18.6 Å². The number of carbonyl (C=O) groups excluding carboxylic acids is 1. The molecule has 6 heteroatoms. The normalized spacial score (nSPS) is 9.81. The minimum Gasteiger partial charge on any atom is -0.491 e. The van der Waals surface area contributed by atoms with Gasteiger partial charge in [-0.2, -0.15) is 0 Å². The minimum absolute atomic E-state index is 0. The number of ether oxygens (including phenoxy) is 2. The van der Waals surface area contributed by atoms with Crippen LogP contribution in [0.1, 0.15) is 19.8 Å². The smallest absolute Gasteiger partial charge is 0.238 e. The van der Waals surface area contributed by atoms with Gasteiger partial charge in [0.25, 0.3) is 0 Å². The summed E-state index contributed by atoms with van der Waals surface area (Å²) in [6, 6.07) is 7.48. The zero-order chi connectivity index (χ0) is 14.6. The van der Waals surface area contributed by atoms with Gasteiger partial charge in [0.1, 0.15) is 5.75 Å². The van der Waals surface area contributed by atoms with Crippen molar-refractivity contribution in [1.82, 2.24) is 5.32 Å². The van der Waals surface area contributed by atoms with E-state index in [2.05, 4.69) is 17.6 Å². The maximum absolute atomic E-state index is 11.8. The first-order valence-electron chi connectivity index (χ1n) is 6.99. The first kappa shape index (κ1) is 19.7. The molecule has 0 aliphatic heterocycles. The molecule has 0 saturated heterocycles. The Morgan fingerprint density at radius 3 is 2.71 bits per heavy atom. The van der Waals surface area contributed by atoms with Crippen molar-refractivity contribution < 1.29 is 14.3 Å². The SMILES string of the molecule is CCCCOc1ccccc1NC(=O)CNCCOC.Cl. The minimum atomic E-state index is -0.0901. The van der Waals surface area contributed by atoms with Crippen molar-refractivity contribution in [3.8, 4) is 5.75 Å². The van der Waals surface area contributed by atoms with E-state index in [-0.39, 0.29) is 24.9 Å². The van der Waals surface area contributed by atoms with Crippen LogP contribution in [0.5, 0.6) is 5.75 Å². The van der Waals surface area contributed by atoms with E-state index in [4.69, 9.17) is 9.47 Å². The molecule has 0 fully saturated rings. The second-order valence-corrected chi connectivity index (χ2v) is 4.42. The predicted molar refractivity (Wildman–Crippen MR) is 87.5 cm³/mol. The van der Waals surface area contributed by atoms with Crippen molar-refractivity contribution in [2.75, 3.05) is 38.7 Å². The molecular weight excluding hydrogens is 292 g/mol. The molecule has 21 heavy (non-hydrogen) atoms. The number of amides is 1. The van der Waals surface area contributed by atoms with Crippen molar-refractivity contribution in [3.05, 3.63) is 24.3 Å². The zero-order valence-corrected chi connectivity index (χ0v) is 13.5. The number of anilines is 1. The van der Waals surface area contributed by atoms with Crippen LogP contribution in [0.2, 0.25) is 0 Å². The number of rotatable bonds is 10. The van der Waals surface area contributed by atoms with Crippen LogP contribution < -0.4 is 15.4 Å². The molecule has 0 unspecified atom stereocenters. The van der Waals surface area contributed by atoms with E-state index in [0.29, 0.717) is 31.2 Å². The molecule has 0 saturated carbocycles. The maximum Gasteiger partial charge on any atom is 0.238 e. The van der Waals surface area contributed by atoms with Crippen LogP contribution in [0.25, 0.3) is 0 Å². The summed E-state index contributed by atoms with van der Waals surface area (Å²) in [4.78, 5) is 11.8. The van der Waals surface area contributed by atoms with Crippen LogP contribution in [0.4, 0.5) is 5.69 Å². The Bertz CT molecular complexity index is 402. The fourth-order valence-electron chi connectivity index (χ4n) is 1.59. The van der Waals surface area contributed by atoms with E-state index >= 15 is 0 Å². The highest BCUT2D eigenvalue weighted by molar-refractivity contribution is 5.93. The number of nitrogens with one attached hydrogen (secondary N) is 2. The molecule has 0 heterocycles. The summed E-state index contributed by atoms with van der Waals surface area (Å²) < 4.78 is 10.6. The third-order valence-electron chi connectivity index (χ3n) is 2.69. The van der Waals surface area contributed by atoms with Gasteiger partial charge in [0.05, 0.1) is 25.4 Å². The van der Waals surface area contributed by atoms with Gasteiger partial charge in [0, 0.05) is 13.7 Å². The molecule has 1 rings (SSSR count). The van der Waals surface area contributed by atoms with E-state index < -0.39 is 0 Å². The molecule has 2 N–H and O–H groups in total. The molecule has 1 amide bonds. The molecule has 120 valence electrons. The van der Waals surface area contributed by atoms with Crippen LogP contribution in [-0.2, 0) is 9.53 Å². The Balaban J connectivity index is 0.00000400. The van der Waals surface area contributed by atoms with E-state index in [1.165, 1.54) is 0 Å². The monoisotopic (exact) mass is 316 g/mol. The second-order valence-electron chi connectivity index (χ2n) is 4.42. The van der Waals surface area contributed by atoms with Crippen LogP contribution >= 0.6 is 12.4 Å². The van der Waals surface area contributed by atoms with Gasteiger partial charge in [-0.25, -0.2) is 0 Å². The van der Waals surface area contributed by atoms with Crippen molar-refractivity contribution >= 4 is 24.0 Å². The Labute approximate surface area is 132 Å². The van der Waals surface area contributed by atoms with Crippen molar-refractivity contribution in [1.29, 1.82) is 0 Å². The predicted octanol–water partition coefficient (Wildman–Crippen LogP) is 2.46. The summed E-state index contributed by atoms with van der Waals surface area (Å²) in [5.74, 6) is 0.624. The highest BCUT2D eigenvalue weighted by Gasteiger charge is 2.06.